The summed E-state index contributed by atoms with van der Waals surface area (Å²) in [5.41, 5.74) is -0.110. The average Bonchev–Trinajstić information content (AvgIpc) is 1.57. The number of Topliss-reactive ketones (excluding diaryl/α,β-unsaturated/α-hetero) is 1. The second-order valence-electron chi connectivity index (χ2n) is 28.4. The van der Waals surface area contributed by atoms with Crippen molar-refractivity contribution in [3.05, 3.63) is 112 Å². The molecule has 0 radical (unpaired) electrons. The van der Waals surface area contributed by atoms with Crippen LogP contribution in [0.4, 0.5) is 21.0 Å². The standard InChI is InChI=1S/C76H107ClN8O24S2/c1-46(2)66(82-62(86)29-32-105-33-31-78-70(91)54-25-23-53(24-26-54)67(89)55(44-110(97,98)36-34-101-10)45-111(99,100)37-35-102-11)71(92)80-49(5)69(90)81-56-27-21-51(22-28-56)43-106-73(94)79-30-16-14-15-20-63(87)84(8)50(6)72(93)108-61-41-64(88)85(9)57-39-52(40-58(103-12)65(57)77)38-47(3)18-17-19-60(104-13)76(96)42-59(107-74(95)83-76)48(4)68-75(61,7)109-68/h17-19,21-28,39-40,46,48-50,55,59-61,66,68,96H,14-16,20,29-38,41-45H2,1-13H3,(H,78,91)(H,79,94)(H,80,92)(H,81,90)(H,82,86)(H,83,95)/b19-17+,47-18+/t48-,49+,50+,59?,60-,61+,66+,68+,75+,76+/m1/s1. The number of carbonyl (C=O) groups is 10. The van der Waals surface area contributed by atoms with Gasteiger partial charge in [-0.1, -0.05) is 86.9 Å². The van der Waals surface area contributed by atoms with Gasteiger partial charge >= 0.3 is 18.2 Å². The largest absolute Gasteiger partial charge is 0.495 e. The Morgan fingerprint density at radius 3 is 2.08 bits per heavy atom. The van der Waals surface area contributed by atoms with Gasteiger partial charge in [0.1, 0.15) is 59.4 Å². The molecule has 7 N–H and O–H groups in total. The van der Waals surface area contributed by atoms with Crippen molar-refractivity contribution in [2.45, 2.75) is 160 Å². The topological polar surface area (TPSA) is 424 Å². The van der Waals surface area contributed by atoms with E-state index in [9.17, 15) is 69.9 Å². The van der Waals surface area contributed by atoms with Crippen molar-refractivity contribution in [3.8, 4) is 5.75 Å². The fraction of sp³-hybridized carbons (Fsp3) is 0.579. The van der Waals surface area contributed by atoms with Crippen molar-refractivity contribution in [1.29, 1.82) is 0 Å². The summed E-state index contributed by atoms with van der Waals surface area (Å²) >= 11 is 6.84. The van der Waals surface area contributed by atoms with Gasteiger partial charge in [-0.2, -0.15) is 0 Å². The number of methoxy groups -OCH3 is 4. The number of nitrogens with zero attached hydrogens (tertiary/aromatic N) is 2. The Balaban J connectivity index is 0.887. The predicted octanol–water partition coefficient (Wildman–Crippen LogP) is 5.34. The van der Waals surface area contributed by atoms with Gasteiger partial charge in [-0.25, -0.2) is 31.2 Å². The minimum atomic E-state index is -3.88. The molecule has 3 aromatic carbocycles. The van der Waals surface area contributed by atoms with Crippen LogP contribution in [0.15, 0.2) is 84.5 Å². The SMILES string of the molecule is COCCS(=O)(=O)CC(CS(=O)(=O)CCOC)C(=O)c1ccc(C(=O)NCCOCCC(=O)N[C@H](C(=O)N[C@@H](C)C(=O)Nc2ccc(COC(=O)NCCCCCC(=O)N(C)[C@@H](C)C(=O)O[C@H]3CC(=O)N(C)c4cc(cc(OC)c4Cl)C/C(C)=C/C=C/[C@@H](OC)[C@@]4(O)CC(OC(=O)N4)[C@@H](C)[C@@H]4O[C@@]34C)cc2)C(C)C)cc1. The monoisotopic (exact) mass is 1610 g/mol. The zero-order valence-corrected chi connectivity index (χ0v) is 67.5. The molecule has 0 saturated carbocycles. The summed E-state index contributed by atoms with van der Waals surface area (Å²) < 4.78 is 101. The number of ketones is 1. The normalized spacial score (nSPS) is 21.6. The van der Waals surface area contributed by atoms with Gasteiger partial charge in [0.25, 0.3) is 5.91 Å². The lowest BCUT2D eigenvalue weighted by atomic mass is 9.83. The van der Waals surface area contributed by atoms with Crippen LogP contribution in [-0.4, -0.2) is 245 Å². The summed E-state index contributed by atoms with van der Waals surface area (Å²) in [6, 6.07) is 12.1. The van der Waals surface area contributed by atoms with Crippen LogP contribution in [0.3, 0.4) is 0 Å². The Morgan fingerprint density at radius 1 is 0.811 bits per heavy atom. The molecule has 3 aliphatic heterocycles. The van der Waals surface area contributed by atoms with Gasteiger partial charge in [-0.3, -0.25) is 38.9 Å². The zero-order chi connectivity index (χ0) is 82.1. The molecule has 8 amide bonds. The van der Waals surface area contributed by atoms with Gasteiger partial charge in [0.2, 0.25) is 29.5 Å². The Kier molecular flexibility index (Phi) is 34.8. The van der Waals surface area contributed by atoms with Crippen molar-refractivity contribution in [3.63, 3.8) is 0 Å². The number of rotatable bonds is 38. The Morgan fingerprint density at radius 2 is 1.46 bits per heavy atom. The predicted molar refractivity (Wildman–Crippen MR) is 410 cm³/mol. The lowest BCUT2D eigenvalue weighted by Crippen LogP contribution is -2.63. The number of likely N-dealkylation sites (N-methyl/N-ethyl adjacent to an activating group) is 1. The number of esters is 1. The highest BCUT2D eigenvalue weighted by atomic mass is 35.5. The van der Waals surface area contributed by atoms with Crippen molar-refractivity contribution in [1.82, 2.24) is 31.5 Å². The van der Waals surface area contributed by atoms with E-state index in [0.717, 1.165) is 11.1 Å². The number of carbonyl (C=O) groups excluding carboxylic acids is 10. The van der Waals surface area contributed by atoms with Gasteiger partial charge in [0.05, 0.1) is 80.7 Å². The molecule has 0 aromatic heterocycles. The van der Waals surface area contributed by atoms with Gasteiger partial charge < -0.3 is 84.1 Å². The molecule has 111 heavy (non-hydrogen) atoms. The summed E-state index contributed by atoms with van der Waals surface area (Å²) in [6.07, 6.45) is 0.893. The van der Waals surface area contributed by atoms with E-state index >= 15 is 0 Å². The molecular weight excluding hydrogens is 1510 g/mol. The van der Waals surface area contributed by atoms with Crippen molar-refractivity contribution >= 4 is 102 Å². The average molecular weight is 1620 g/mol. The second kappa shape index (κ2) is 42.3. The summed E-state index contributed by atoms with van der Waals surface area (Å²) in [7, 11) is 0.737. The number of aliphatic hydroxyl groups is 1. The zero-order valence-electron chi connectivity index (χ0n) is 65.1. The molecule has 35 heteroatoms. The summed E-state index contributed by atoms with van der Waals surface area (Å²) in [5, 5.41) is 27.9. The van der Waals surface area contributed by atoms with E-state index in [1.165, 1.54) is 90.4 Å². The lowest BCUT2D eigenvalue weighted by Gasteiger charge is -2.42. The molecule has 6 rings (SSSR count). The molecular formula is C76H107ClN8O24S2. The summed E-state index contributed by atoms with van der Waals surface area (Å²) in [5.74, 6) is -8.97. The van der Waals surface area contributed by atoms with E-state index in [1.54, 1.807) is 76.2 Å². The molecule has 3 aliphatic rings. The van der Waals surface area contributed by atoms with Crippen LogP contribution in [0.2, 0.25) is 5.02 Å². The second-order valence-corrected chi connectivity index (χ2v) is 33.2. The van der Waals surface area contributed by atoms with Crippen molar-refractivity contribution in [2.75, 3.05) is 115 Å². The number of halogens is 1. The number of hydrogen-bond donors (Lipinski definition) is 7. The van der Waals surface area contributed by atoms with Crippen molar-refractivity contribution < 1.29 is 113 Å². The van der Waals surface area contributed by atoms with E-state index in [-0.39, 0.29) is 93.4 Å². The van der Waals surface area contributed by atoms with Gasteiger partial charge in [-0.15, -0.1) is 0 Å². The first kappa shape index (κ1) is 91.3. The number of ether oxygens (including phenoxy) is 9. The van der Waals surface area contributed by atoms with E-state index in [1.807, 2.05) is 13.0 Å². The van der Waals surface area contributed by atoms with Crippen molar-refractivity contribution in [2.24, 2.45) is 17.8 Å². The van der Waals surface area contributed by atoms with Crippen LogP contribution in [0, 0.1) is 17.8 Å². The minimum absolute atomic E-state index is 0.0000807. The number of sulfone groups is 2. The third-order valence-electron chi connectivity index (χ3n) is 19.4. The smallest absolute Gasteiger partial charge is 0.409 e. The highest BCUT2D eigenvalue weighted by molar-refractivity contribution is 7.92. The van der Waals surface area contributed by atoms with E-state index in [4.69, 9.17) is 54.2 Å². The molecule has 10 atom stereocenters. The molecule has 1 unspecified atom stereocenters. The highest BCUT2D eigenvalue weighted by Gasteiger charge is 2.64. The Hall–Kier alpha value is -8.61. The van der Waals surface area contributed by atoms with Crippen LogP contribution in [0.25, 0.3) is 0 Å². The fourth-order valence-electron chi connectivity index (χ4n) is 12.5. The number of hydrogen-bond acceptors (Lipinski definition) is 24. The van der Waals surface area contributed by atoms with Gasteiger partial charge in [0, 0.05) is 90.5 Å². The number of allylic oxidation sites excluding steroid dienone is 3. The maximum atomic E-state index is 14.4. The summed E-state index contributed by atoms with van der Waals surface area (Å²) in [4.78, 5) is 136. The van der Waals surface area contributed by atoms with Gasteiger partial charge in [0.15, 0.2) is 31.2 Å². The quantitative estimate of drug-likeness (QED) is 0.0125. The summed E-state index contributed by atoms with van der Waals surface area (Å²) in [6.45, 7) is 11.5. The molecule has 2 fully saturated rings. The number of fused-ring (bicyclic) bond motifs is 5. The molecule has 0 aliphatic carbocycles. The number of unbranched alkanes of at least 4 members (excludes halogenated alkanes) is 2. The molecule has 3 heterocycles. The first-order valence-corrected chi connectivity index (χ1v) is 40.5. The highest BCUT2D eigenvalue weighted by Crippen LogP contribution is 2.49. The van der Waals surface area contributed by atoms with E-state index in [0.29, 0.717) is 48.4 Å². The molecule has 32 nitrogen and oxygen atoms in total. The lowest BCUT2D eigenvalue weighted by molar-refractivity contribution is -0.162. The fourth-order valence-corrected chi connectivity index (χ4v) is 15.9. The first-order valence-electron chi connectivity index (χ1n) is 36.5. The van der Waals surface area contributed by atoms with Crippen LogP contribution in [-0.2, 0) is 99.4 Å². The first-order chi connectivity index (χ1) is 52.4. The number of amides is 8. The number of alkyl carbamates (subject to hydrolysis) is 2. The Bertz CT molecular complexity index is 4010. The van der Waals surface area contributed by atoms with E-state index < -0.39 is 168 Å². The third-order valence-corrected chi connectivity index (χ3v) is 23.2. The minimum Gasteiger partial charge on any atom is -0.495 e. The maximum absolute atomic E-state index is 14.4. The molecule has 614 valence electrons. The molecule has 2 saturated heterocycles. The number of nitrogens with one attached hydrogen (secondary N) is 6. The number of anilines is 2. The third kappa shape index (κ3) is 27.3. The molecule has 3 aromatic rings. The maximum Gasteiger partial charge on any atom is 0.409 e. The van der Waals surface area contributed by atoms with Gasteiger partial charge in [-0.05, 0) is 100 Å². The number of benzene rings is 3. The molecule has 0 spiro atoms. The van der Waals surface area contributed by atoms with Crippen LogP contribution < -0.4 is 41.5 Å². The molecule has 4 bridgehead atoms. The Labute approximate surface area is 653 Å². The van der Waals surface area contributed by atoms with Crippen LogP contribution in [0.1, 0.15) is 125 Å². The van der Waals surface area contributed by atoms with E-state index in [2.05, 4.69) is 31.9 Å². The van der Waals surface area contributed by atoms with Crippen LogP contribution in [0.5, 0.6) is 5.75 Å². The number of epoxide rings is 1. The van der Waals surface area contributed by atoms with Crippen LogP contribution >= 0.6 is 11.6 Å².